The molecule has 0 aliphatic carbocycles. The van der Waals surface area contributed by atoms with Crippen molar-refractivity contribution >= 4 is 18.0 Å². The molecule has 1 heterocycles. The Hall–Kier alpha value is -1.79. The van der Waals surface area contributed by atoms with Gasteiger partial charge in [0.25, 0.3) is 0 Å². The molecular formula is C16H28N2O5. The number of alkyl carbamates (subject to hydrolysis) is 1. The van der Waals surface area contributed by atoms with E-state index >= 15 is 0 Å². The van der Waals surface area contributed by atoms with Crippen molar-refractivity contribution in [3.8, 4) is 0 Å². The smallest absolute Gasteiger partial charge is 0.408 e. The standard InChI is InChI=1S/C16H28N2O5/c1-15(2,3)22-13(20)11-8-7-9-18(11)12(19)10-17-14(21)23-16(4,5)6/h11H,7-10H2,1-6H3,(H,17,21)/t11-/m1/s1. The van der Waals surface area contributed by atoms with Gasteiger partial charge >= 0.3 is 12.1 Å². The second-order valence-corrected chi connectivity index (χ2v) is 7.63. The molecule has 1 saturated heterocycles. The first-order valence-corrected chi connectivity index (χ1v) is 7.88. The minimum atomic E-state index is -0.654. The number of nitrogens with one attached hydrogen (secondary N) is 1. The fourth-order valence-corrected chi connectivity index (χ4v) is 2.24. The summed E-state index contributed by atoms with van der Waals surface area (Å²) in [6.07, 6.45) is 0.661. The highest BCUT2D eigenvalue weighted by molar-refractivity contribution is 5.88. The summed E-state index contributed by atoms with van der Waals surface area (Å²) in [5.41, 5.74) is -1.22. The van der Waals surface area contributed by atoms with Crippen LogP contribution in [0.2, 0.25) is 0 Å². The van der Waals surface area contributed by atoms with Gasteiger partial charge in [0.15, 0.2) is 0 Å². The Bertz CT molecular complexity index is 462. The van der Waals surface area contributed by atoms with Crippen LogP contribution in [0.1, 0.15) is 54.4 Å². The van der Waals surface area contributed by atoms with Gasteiger partial charge in [0.05, 0.1) is 0 Å². The van der Waals surface area contributed by atoms with Gasteiger partial charge in [0.2, 0.25) is 5.91 Å². The number of hydrogen-bond acceptors (Lipinski definition) is 5. The van der Waals surface area contributed by atoms with Gasteiger partial charge in [-0.1, -0.05) is 0 Å². The van der Waals surface area contributed by atoms with E-state index in [0.717, 1.165) is 6.42 Å². The Balaban J connectivity index is 2.54. The van der Waals surface area contributed by atoms with Crippen molar-refractivity contribution in [2.24, 2.45) is 0 Å². The van der Waals surface area contributed by atoms with Crippen LogP contribution in [-0.2, 0) is 19.1 Å². The summed E-state index contributed by atoms with van der Waals surface area (Å²) in [7, 11) is 0. The number of hydrogen-bond donors (Lipinski definition) is 1. The Labute approximate surface area is 137 Å². The fraction of sp³-hybridized carbons (Fsp3) is 0.812. The van der Waals surface area contributed by atoms with E-state index in [0.29, 0.717) is 13.0 Å². The van der Waals surface area contributed by atoms with Crippen molar-refractivity contribution in [3.05, 3.63) is 0 Å². The highest BCUT2D eigenvalue weighted by Gasteiger charge is 2.36. The van der Waals surface area contributed by atoms with Crippen molar-refractivity contribution in [2.75, 3.05) is 13.1 Å². The maximum Gasteiger partial charge on any atom is 0.408 e. The maximum absolute atomic E-state index is 12.2. The molecule has 0 aromatic rings. The lowest BCUT2D eigenvalue weighted by atomic mass is 10.1. The number of rotatable bonds is 3. The normalized spacial score (nSPS) is 18.5. The van der Waals surface area contributed by atoms with Crippen LogP contribution in [0.15, 0.2) is 0 Å². The fourth-order valence-electron chi connectivity index (χ4n) is 2.24. The van der Waals surface area contributed by atoms with E-state index in [4.69, 9.17) is 9.47 Å². The van der Waals surface area contributed by atoms with Crippen LogP contribution < -0.4 is 5.32 Å². The van der Waals surface area contributed by atoms with Crippen molar-refractivity contribution in [1.82, 2.24) is 10.2 Å². The third-order valence-electron chi connectivity index (χ3n) is 3.03. The summed E-state index contributed by atoms with van der Waals surface area (Å²) in [4.78, 5) is 37.5. The predicted molar refractivity (Wildman–Crippen MR) is 84.8 cm³/mol. The third kappa shape index (κ3) is 6.88. The van der Waals surface area contributed by atoms with Crippen LogP contribution in [0.5, 0.6) is 0 Å². The minimum Gasteiger partial charge on any atom is -0.458 e. The molecule has 0 bridgehead atoms. The summed E-state index contributed by atoms with van der Waals surface area (Å²) in [6, 6.07) is -0.581. The molecule has 1 atom stereocenters. The molecule has 0 saturated carbocycles. The van der Waals surface area contributed by atoms with E-state index in [-0.39, 0.29) is 12.5 Å². The van der Waals surface area contributed by atoms with Gasteiger partial charge in [-0.3, -0.25) is 4.79 Å². The van der Waals surface area contributed by atoms with Crippen molar-refractivity contribution < 1.29 is 23.9 Å². The third-order valence-corrected chi connectivity index (χ3v) is 3.03. The van der Waals surface area contributed by atoms with Crippen LogP contribution in [0.3, 0.4) is 0 Å². The number of ether oxygens (including phenoxy) is 2. The van der Waals surface area contributed by atoms with Crippen LogP contribution in [0.25, 0.3) is 0 Å². The molecule has 1 N–H and O–H groups in total. The molecule has 23 heavy (non-hydrogen) atoms. The second kappa shape index (κ2) is 7.19. The van der Waals surface area contributed by atoms with Gasteiger partial charge < -0.3 is 19.7 Å². The zero-order valence-electron chi connectivity index (χ0n) is 14.9. The molecule has 0 aromatic heterocycles. The number of carbonyl (C=O) groups excluding carboxylic acids is 3. The first-order chi connectivity index (χ1) is 10.4. The molecule has 7 nitrogen and oxygen atoms in total. The zero-order chi connectivity index (χ0) is 17.8. The lowest BCUT2D eigenvalue weighted by molar-refractivity contribution is -0.163. The number of amides is 2. The van der Waals surface area contributed by atoms with E-state index in [9.17, 15) is 14.4 Å². The van der Waals surface area contributed by atoms with Crippen molar-refractivity contribution in [2.45, 2.75) is 71.6 Å². The average Bonchev–Trinajstić information content (AvgIpc) is 2.80. The van der Waals surface area contributed by atoms with Crippen molar-refractivity contribution in [1.29, 1.82) is 0 Å². The summed E-state index contributed by atoms with van der Waals surface area (Å²) in [5.74, 6) is -0.718. The highest BCUT2D eigenvalue weighted by atomic mass is 16.6. The Kier molecular flexibility index (Phi) is 6.02. The average molecular weight is 328 g/mol. The van der Waals surface area contributed by atoms with Gasteiger partial charge in [-0.05, 0) is 54.4 Å². The predicted octanol–water partition coefficient (Wildman–Crippen LogP) is 1.84. The van der Waals surface area contributed by atoms with E-state index in [1.165, 1.54) is 4.90 Å². The number of carbonyl (C=O) groups is 3. The largest absolute Gasteiger partial charge is 0.458 e. The summed E-state index contributed by atoms with van der Waals surface area (Å²) in [5, 5.41) is 2.42. The topological polar surface area (TPSA) is 84.9 Å². The van der Waals surface area contributed by atoms with Gasteiger partial charge in [0.1, 0.15) is 23.8 Å². The molecular weight excluding hydrogens is 300 g/mol. The molecule has 132 valence electrons. The summed E-state index contributed by atoms with van der Waals surface area (Å²) < 4.78 is 10.4. The summed E-state index contributed by atoms with van der Waals surface area (Å²) in [6.45, 7) is 10.9. The van der Waals surface area contributed by atoms with Crippen molar-refractivity contribution in [3.63, 3.8) is 0 Å². The first kappa shape index (κ1) is 19.3. The van der Waals surface area contributed by atoms with E-state index in [1.807, 2.05) is 0 Å². The van der Waals surface area contributed by atoms with Gasteiger partial charge in [0, 0.05) is 6.54 Å². The maximum atomic E-state index is 12.2. The molecule has 0 aromatic carbocycles. The Morgan fingerprint density at radius 2 is 1.61 bits per heavy atom. The highest BCUT2D eigenvalue weighted by Crippen LogP contribution is 2.21. The lowest BCUT2D eigenvalue weighted by Gasteiger charge is -2.27. The van der Waals surface area contributed by atoms with E-state index in [1.54, 1.807) is 41.5 Å². The Morgan fingerprint density at radius 1 is 1.04 bits per heavy atom. The monoisotopic (exact) mass is 328 g/mol. The van der Waals surface area contributed by atoms with E-state index in [2.05, 4.69) is 5.32 Å². The molecule has 1 aliphatic rings. The van der Waals surface area contributed by atoms with Gasteiger partial charge in [-0.25, -0.2) is 9.59 Å². The van der Waals surface area contributed by atoms with E-state index < -0.39 is 29.3 Å². The molecule has 2 amide bonds. The molecule has 1 aliphatic heterocycles. The van der Waals surface area contributed by atoms with Crippen LogP contribution in [0, 0.1) is 0 Å². The molecule has 0 unspecified atom stereocenters. The van der Waals surface area contributed by atoms with Gasteiger partial charge in [-0.2, -0.15) is 0 Å². The molecule has 7 heteroatoms. The first-order valence-electron chi connectivity index (χ1n) is 7.88. The van der Waals surface area contributed by atoms with Crippen LogP contribution >= 0.6 is 0 Å². The second-order valence-electron chi connectivity index (χ2n) is 7.63. The number of nitrogens with zero attached hydrogens (tertiary/aromatic N) is 1. The van der Waals surface area contributed by atoms with Crippen LogP contribution in [-0.4, -0.2) is 53.2 Å². The summed E-state index contributed by atoms with van der Waals surface area (Å²) >= 11 is 0. The SMILES string of the molecule is CC(C)(C)OC(=O)NCC(=O)N1CCC[C@@H]1C(=O)OC(C)(C)C. The zero-order valence-corrected chi connectivity index (χ0v) is 14.9. The number of likely N-dealkylation sites (tertiary alicyclic amines) is 1. The van der Waals surface area contributed by atoms with Gasteiger partial charge in [-0.15, -0.1) is 0 Å². The molecule has 0 radical (unpaired) electrons. The number of esters is 1. The van der Waals surface area contributed by atoms with Crippen LogP contribution in [0.4, 0.5) is 4.79 Å². The lowest BCUT2D eigenvalue weighted by Crippen LogP contribution is -2.47. The molecule has 1 rings (SSSR count). The quantitative estimate of drug-likeness (QED) is 0.799. The molecule has 0 spiro atoms. The Morgan fingerprint density at radius 3 is 2.13 bits per heavy atom. The minimum absolute atomic E-state index is 0.200. The molecule has 1 fully saturated rings.